The highest BCUT2D eigenvalue weighted by Crippen LogP contribution is 2.14. The molecule has 0 radical (unpaired) electrons. The van der Waals surface area contributed by atoms with Gasteiger partial charge in [-0.05, 0) is 24.8 Å². The van der Waals surface area contributed by atoms with E-state index in [0.29, 0.717) is 19.1 Å². The zero-order valence-electron chi connectivity index (χ0n) is 14.9. The van der Waals surface area contributed by atoms with E-state index in [4.69, 9.17) is 9.47 Å². The molecule has 0 aliphatic rings. The molecular weight excluding hydrogens is 290 g/mol. The molecule has 0 amide bonds. The maximum absolute atomic E-state index is 5.43. The van der Waals surface area contributed by atoms with Crippen LogP contribution in [-0.4, -0.2) is 53.0 Å². The monoisotopic (exact) mass is 321 g/mol. The molecule has 0 saturated heterocycles. The molecule has 23 heavy (non-hydrogen) atoms. The molecule has 0 spiro atoms. The summed E-state index contributed by atoms with van der Waals surface area (Å²) in [6.07, 6.45) is 0.942. The van der Waals surface area contributed by atoms with Crippen molar-refractivity contribution in [3.8, 4) is 0 Å². The lowest BCUT2D eigenvalue weighted by Gasteiger charge is -2.16. The lowest BCUT2D eigenvalue weighted by Crippen LogP contribution is -2.39. The van der Waals surface area contributed by atoms with Gasteiger partial charge in [0.1, 0.15) is 0 Å². The Bertz CT molecular complexity index is 446. The van der Waals surface area contributed by atoms with E-state index in [1.54, 1.807) is 14.2 Å². The maximum atomic E-state index is 5.43. The highest BCUT2D eigenvalue weighted by Gasteiger charge is 2.06. The van der Waals surface area contributed by atoms with E-state index >= 15 is 0 Å². The summed E-state index contributed by atoms with van der Waals surface area (Å²) in [6, 6.07) is 8.69. The molecule has 1 unspecified atom stereocenters. The van der Waals surface area contributed by atoms with Crippen LogP contribution in [0.2, 0.25) is 0 Å². The summed E-state index contributed by atoms with van der Waals surface area (Å²) in [7, 11) is 3.47. The summed E-state index contributed by atoms with van der Waals surface area (Å²) in [5.41, 5.74) is 2.63. The average molecular weight is 321 g/mol. The van der Waals surface area contributed by atoms with Gasteiger partial charge in [-0.25, -0.2) is 0 Å². The number of aliphatic imine (C=N–C) groups is 1. The van der Waals surface area contributed by atoms with Gasteiger partial charge >= 0.3 is 0 Å². The molecule has 5 nitrogen and oxygen atoms in total. The zero-order chi connectivity index (χ0) is 16.9. The minimum absolute atomic E-state index is 0.437. The number of benzene rings is 1. The normalized spacial score (nSPS) is 13.0. The largest absolute Gasteiger partial charge is 0.382 e. The van der Waals surface area contributed by atoms with Gasteiger partial charge in [-0.1, -0.05) is 36.8 Å². The van der Waals surface area contributed by atoms with Crippen LogP contribution in [0, 0.1) is 6.92 Å². The summed E-state index contributed by atoms with van der Waals surface area (Å²) in [5, 5.41) is 6.68. The van der Waals surface area contributed by atoms with Crippen LogP contribution in [0.1, 0.15) is 30.4 Å². The Morgan fingerprint density at radius 2 is 1.87 bits per heavy atom. The lowest BCUT2D eigenvalue weighted by atomic mass is 10.0. The molecule has 5 heteroatoms. The van der Waals surface area contributed by atoms with Crippen LogP contribution < -0.4 is 10.6 Å². The lowest BCUT2D eigenvalue weighted by molar-refractivity contribution is 0.0698. The van der Waals surface area contributed by atoms with Gasteiger partial charge in [0.15, 0.2) is 5.96 Å². The van der Waals surface area contributed by atoms with Crippen LogP contribution in [0.5, 0.6) is 0 Å². The summed E-state index contributed by atoms with van der Waals surface area (Å²) >= 11 is 0. The van der Waals surface area contributed by atoms with Gasteiger partial charge in [0.05, 0.1) is 13.2 Å². The van der Waals surface area contributed by atoms with Crippen LogP contribution >= 0.6 is 0 Å². The number of guanidine groups is 1. The van der Waals surface area contributed by atoms with Crippen LogP contribution in [0.4, 0.5) is 0 Å². The molecule has 1 aromatic rings. The molecular formula is C18H31N3O2. The fourth-order valence-corrected chi connectivity index (χ4v) is 2.11. The van der Waals surface area contributed by atoms with Gasteiger partial charge in [-0.2, -0.15) is 0 Å². The Kier molecular flexibility index (Phi) is 10.1. The van der Waals surface area contributed by atoms with Crippen molar-refractivity contribution >= 4 is 5.96 Å². The number of methoxy groups -OCH3 is 1. The van der Waals surface area contributed by atoms with E-state index in [-0.39, 0.29) is 0 Å². The Morgan fingerprint density at radius 1 is 1.13 bits per heavy atom. The first kappa shape index (κ1) is 19.5. The summed E-state index contributed by atoms with van der Waals surface area (Å²) in [6.45, 7) is 8.04. The quantitative estimate of drug-likeness (QED) is 0.394. The Labute approximate surface area is 140 Å². The Morgan fingerprint density at radius 3 is 2.52 bits per heavy atom. The minimum atomic E-state index is 0.437. The van der Waals surface area contributed by atoms with Crippen LogP contribution in [0.25, 0.3) is 0 Å². The number of ether oxygens (including phenoxy) is 2. The molecule has 0 aliphatic carbocycles. The van der Waals surface area contributed by atoms with Crippen molar-refractivity contribution in [3.05, 3.63) is 35.4 Å². The number of nitrogens with one attached hydrogen (secondary N) is 2. The van der Waals surface area contributed by atoms with Crippen molar-refractivity contribution in [2.45, 2.75) is 26.2 Å². The predicted octanol–water partition coefficient (Wildman–Crippen LogP) is 2.32. The number of hydrogen-bond donors (Lipinski definition) is 2. The van der Waals surface area contributed by atoms with Crippen molar-refractivity contribution in [1.29, 1.82) is 0 Å². The summed E-state index contributed by atoms with van der Waals surface area (Å²) in [4.78, 5) is 4.25. The fourth-order valence-electron chi connectivity index (χ4n) is 2.11. The van der Waals surface area contributed by atoms with Crippen molar-refractivity contribution in [2.24, 2.45) is 4.99 Å². The Hall–Kier alpha value is -1.59. The molecule has 1 atom stereocenters. The van der Waals surface area contributed by atoms with E-state index in [0.717, 1.165) is 32.1 Å². The third-order valence-corrected chi connectivity index (χ3v) is 3.64. The first-order chi connectivity index (χ1) is 11.2. The predicted molar refractivity (Wildman–Crippen MR) is 96.3 cm³/mol. The zero-order valence-corrected chi connectivity index (χ0v) is 14.9. The van der Waals surface area contributed by atoms with Gasteiger partial charge in [-0.15, -0.1) is 0 Å². The van der Waals surface area contributed by atoms with Crippen LogP contribution in [0.3, 0.4) is 0 Å². The molecule has 0 fully saturated rings. The number of hydrogen-bond acceptors (Lipinski definition) is 3. The highest BCUT2D eigenvalue weighted by molar-refractivity contribution is 5.79. The maximum Gasteiger partial charge on any atom is 0.190 e. The van der Waals surface area contributed by atoms with Crippen molar-refractivity contribution < 1.29 is 9.47 Å². The van der Waals surface area contributed by atoms with Crippen molar-refractivity contribution in [2.75, 3.05) is 47.1 Å². The first-order valence-electron chi connectivity index (χ1n) is 8.25. The van der Waals surface area contributed by atoms with Crippen LogP contribution in [-0.2, 0) is 9.47 Å². The second kappa shape index (κ2) is 11.9. The first-order valence-corrected chi connectivity index (χ1v) is 8.25. The SMILES string of the molecule is CN=C(NCCCOCCOC)NCC(C)c1ccc(C)cc1. The summed E-state index contributed by atoms with van der Waals surface area (Å²) < 4.78 is 10.4. The number of rotatable bonds is 10. The molecule has 1 rings (SSSR count). The van der Waals surface area contributed by atoms with Crippen molar-refractivity contribution in [3.63, 3.8) is 0 Å². The van der Waals surface area contributed by atoms with E-state index < -0.39 is 0 Å². The molecule has 0 aliphatic heterocycles. The number of aryl methyl sites for hydroxylation is 1. The minimum Gasteiger partial charge on any atom is -0.382 e. The third-order valence-electron chi connectivity index (χ3n) is 3.64. The molecule has 130 valence electrons. The molecule has 0 bridgehead atoms. The second-order valence-corrected chi connectivity index (χ2v) is 5.65. The molecule has 0 aromatic heterocycles. The molecule has 0 saturated carbocycles. The van der Waals surface area contributed by atoms with Gasteiger partial charge in [0, 0.05) is 33.9 Å². The van der Waals surface area contributed by atoms with E-state index in [1.165, 1.54) is 11.1 Å². The van der Waals surface area contributed by atoms with E-state index in [9.17, 15) is 0 Å². The smallest absolute Gasteiger partial charge is 0.190 e. The third kappa shape index (κ3) is 8.57. The second-order valence-electron chi connectivity index (χ2n) is 5.65. The molecule has 2 N–H and O–H groups in total. The molecule has 1 aromatic carbocycles. The van der Waals surface area contributed by atoms with Gasteiger partial charge in [0.25, 0.3) is 0 Å². The van der Waals surface area contributed by atoms with E-state index in [1.807, 2.05) is 0 Å². The fraction of sp³-hybridized carbons (Fsp3) is 0.611. The standard InChI is InChI=1S/C18H31N3O2/c1-15-6-8-17(9-7-15)16(2)14-21-18(19-3)20-10-5-11-23-13-12-22-4/h6-9,16H,5,10-14H2,1-4H3,(H2,19,20,21). The highest BCUT2D eigenvalue weighted by atomic mass is 16.5. The number of nitrogens with zero attached hydrogens (tertiary/aromatic N) is 1. The van der Waals surface area contributed by atoms with Crippen LogP contribution in [0.15, 0.2) is 29.3 Å². The van der Waals surface area contributed by atoms with Gasteiger partial charge in [0.2, 0.25) is 0 Å². The summed E-state index contributed by atoms with van der Waals surface area (Å²) in [5.74, 6) is 1.27. The van der Waals surface area contributed by atoms with Crippen molar-refractivity contribution in [1.82, 2.24) is 10.6 Å². The molecule has 0 heterocycles. The average Bonchev–Trinajstić information content (AvgIpc) is 2.57. The Balaban J connectivity index is 2.19. The van der Waals surface area contributed by atoms with E-state index in [2.05, 4.69) is 53.7 Å². The van der Waals surface area contributed by atoms with Gasteiger partial charge in [-0.3, -0.25) is 4.99 Å². The van der Waals surface area contributed by atoms with Gasteiger partial charge < -0.3 is 20.1 Å². The topological polar surface area (TPSA) is 54.9 Å².